The fraction of sp³-hybridized carbons (Fsp3) is 0.250. The fourth-order valence-electron chi connectivity index (χ4n) is 1.97. The van der Waals surface area contributed by atoms with Crippen LogP contribution in [-0.2, 0) is 12.7 Å². The molecule has 112 valence electrons. The summed E-state index contributed by atoms with van der Waals surface area (Å²) in [5.41, 5.74) is 6.77. The first-order valence-electron chi connectivity index (χ1n) is 6.47. The summed E-state index contributed by atoms with van der Waals surface area (Å²) in [5.74, 6) is 0.203. The van der Waals surface area contributed by atoms with Crippen molar-refractivity contribution in [3.05, 3.63) is 58.7 Å². The maximum Gasteiger partial charge on any atom is 0.419 e. The van der Waals surface area contributed by atoms with Crippen LogP contribution in [-0.4, -0.2) is 0 Å². The third kappa shape index (κ3) is 3.36. The van der Waals surface area contributed by atoms with Gasteiger partial charge >= 0.3 is 6.18 Å². The molecule has 5 heteroatoms. The number of aryl methyl sites for hydroxylation is 1. The third-order valence-electron chi connectivity index (χ3n) is 3.36. The van der Waals surface area contributed by atoms with Gasteiger partial charge in [-0.1, -0.05) is 18.2 Å². The van der Waals surface area contributed by atoms with Gasteiger partial charge < -0.3 is 10.5 Å². The molecule has 0 aliphatic carbocycles. The Hall–Kier alpha value is -2.01. The van der Waals surface area contributed by atoms with E-state index in [9.17, 15) is 13.2 Å². The first-order chi connectivity index (χ1) is 9.82. The lowest BCUT2D eigenvalue weighted by atomic mass is 10.1. The zero-order valence-corrected chi connectivity index (χ0v) is 11.8. The molecule has 2 aromatic rings. The van der Waals surface area contributed by atoms with Gasteiger partial charge in [-0.05, 0) is 48.7 Å². The molecule has 0 atom stereocenters. The average molecular weight is 295 g/mol. The van der Waals surface area contributed by atoms with E-state index >= 15 is 0 Å². The van der Waals surface area contributed by atoms with Crippen LogP contribution >= 0.6 is 0 Å². The number of nitrogens with two attached hydrogens (primary N) is 1. The minimum absolute atomic E-state index is 0.0484. The quantitative estimate of drug-likeness (QED) is 0.900. The molecule has 2 nitrogen and oxygen atoms in total. The molecule has 0 aliphatic heterocycles. The van der Waals surface area contributed by atoms with Crippen molar-refractivity contribution in [3.8, 4) is 11.5 Å². The largest absolute Gasteiger partial charge is 0.456 e. The Morgan fingerprint density at radius 3 is 2.38 bits per heavy atom. The van der Waals surface area contributed by atoms with Crippen molar-refractivity contribution in [3.63, 3.8) is 0 Å². The van der Waals surface area contributed by atoms with E-state index in [1.165, 1.54) is 12.1 Å². The molecule has 2 rings (SSSR count). The van der Waals surface area contributed by atoms with E-state index < -0.39 is 11.7 Å². The van der Waals surface area contributed by atoms with Crippen LogP contribution in [0.3, 0.4) is 0 Å². The predicted octanol–water partition coefficient (Wildman–Crippen LogP) is 4.57. The first-order valence-corrected chi connectivity index (χ1v) is 6.47. The van der Waals surface area contributed by atoms with Crippen molar-refractivity contribution in [1.29, 1.82) is 0 Å². The van der Waals surface area contributed by atoms with E-state index in [-0.39, 0.29) is 12.3 Å². The lowest BCUT2D eigenvalue weighted by Gasteiger charge is -2.16. The van der Waals surface area contributed by atoms with Crippen molar-refractivity contribution in [2.24, 2.45) is 5.73 Å². The standard InChI is InChI=1S/C16H16F3NO/c1-10-4-3-5-14(11(10)2)21-15-7-6-12(9-20)8-13(15)16(17,18)19/h3-8H,9,20H2,1-2H3. The molecule has 21 heavy (non-hydrogen) atoms. The SMILES string of the molecule is Cc1cccc(Oc2ccc(CN)cc2C(F)(F)F)c1C. The lowest BCUT2D eigenvalue weighted by molar-refractivity contribution is -0.138. The molecule has 0 radical (unpaired) electrons. The minimum Gasteiger partial charge on any atom is -0.456 e. The van der Waals surface area contributed by atoms with Crippen molar-refractivity contribution in [2.45, 2.75) is 26.6 Å². The van der Waals surface area contributed by atoms with Crippen molar-refractivity contribution in [2.75, 3.05) is 0 Å². The van der Waals surface area contributed by atoms with Crippen molar-refractivity contribution < 1.29 is 17.9 Å². The molecule has 0 saturated heterocycles. The molecule has 0 unspecified atom stereocenters. The summed E-state index contributed by atoms with van der Waals surface area (Å²) in [5, 5.41) is 0. The number of benzene rings is 2. The smallest absolute Gasteiger partial charge is 0.419 e. The van der Waals surface area contributed by atoms with Gasteiger partial charge in [0.05, 0.1) is 5.56 Å². The Balaban J connectivity index is 2.46. The molecule has 0 fully saturated rings. The molecule has 0 aliphatic rings. The third-order valence-corrected chi connectivity index (χ3v) is 3.36. The molecule has 0 saturated carbocycles. The van der Waals surface area contributed by atoms with Crippen LogP contribution < -0.4 is 10.5 Å². The van der Waals surface area contributed by atoms with E-state index in [2.05, 4.69) is 0 Å². The Bertz CT molecular complexity index is 650. The molecular formula is C16H16F3NO. The van der Waals surface area contributed by atoms with Crippen LogP contribution in [0.25, 0.3) is 0 Å². The Morgan fingerprint density at radius 1 is 1.05 bits per heavy atom. The van der Waals surface area contributed by atoms with Crippen LogP contribution in [0.5, 0.6) is 11.5 Å². The maximum absolute atomic E-state index is 13.1. The second-order valence-corrected chi connectivity index (χ2v) is 4.83. The minimum atomic E-state index is -4.49. The van der Waals surface area contributed by atoms with Crippen molar-refractivity contribution >= 4 is 0 Å². The molecule has 2 aromatic carbocycles. The van der Waals surface area contributed by atoms with Crippen LogP contribution in [0, 0.1) is 13.8 Å². The van der Waals surface area contributed by atoms with Crippen LogP contribution in [0.4, 0.5) is 13.2 Å². The van der Waals surface area contributed by atoms with Gasteiger partial charge in [-0.25, -0.2) is 0 Å². The van der Waals surface area contributed by atoms with E-state index in [0.29, 0.717) is 11.3 Å². The van der Waals surface area contributed by atoms with Gasteiger partial charge in [-0.15, -0.1) is 0 Å². The van der Waals surface area contributed by atoms with Crippen LogP contribution in [0.15, 0.2) is 36.4 Å². The van der Waals surface area contributed by atoms with Crippen molar-refractivity contribution in [1.82, 2.24) is 0 Å². The van der Waals surface area contributed by atoms with E-state index in [1.54, 1.807) is 12.1 Å². The van der Waals surface area contributed by atoms with Gasteiger partial charge in [0.1, 0.15) is 11.5 Å². The van der Waals surface area contributed by atoms with Crippen LogP contribution in [0.2, 0.25) is 0 Å². The summed E-state index contributed by atoms with van der Waals surface area (Å²) in [6.45, 7) is 3.74. The average Bonchev–Trinajstić information content (AvgIpc) is 2.43. The molecule has 0 heterocycles. The highest BCUT2D eigenvalue weighted by Crippen LogP contribution is 2.39. The topological polar surface area (TPSA) is 35.2 Å². The van der Waals surface area contributed by atoms with Crippen LogP contribution in [0.1, 0.15) is 22.3 Å². The van der Waals surface area contributed by atoms with E-state index in [0.717, 1.165) is 17.2 Å². The molecular weight excluding hydrogens is 279 g/mol. The zero-order chi connectivity index (χ0) is 15.6. The molecule has 0 aromatic heterocycles. The predicted molar refractivity (Wildman–Crippen MR) is 75.3 cm³/mol. The van der Waals surface area contributed by atoms with Gasteiger partial charge in [0.25, 0.3) is 0 Å². The van der Waals surface area contributed by atoms with Gasteiger partial charge in [0, 0.05) is 6.54 Å². The summed E-state index contributed by atoms with van der Waals surface area (Å²) in [6.07, 6.45) is -4.49. The number of alkyl halides is 3. The Kier molecular flexibility index (Phi) is 4.23. The van der Waals surface area contributed by atoms with Gasteiger partial charge in [-0.2, -0.15) is 13.2 Å². The highest BCUT2D eigenvalue weighted by molar-refractivity contribution is 5.45. The number of rotatable bonds is 3. The maximum atomic E-state index is 13.1. The second kappa shape index (κ2) is 5.77. The summed E-state index contributed by atoms with van der Waals surface area (Å²) in [6, 6.07) is 9.16. The van der Waals surface area contributed by atoms with E-state index in [1.807, 2.05) is 19.9 Å². The molecule has 0 bridgehead atoms. The second-order valence-electron chi connectivity index (χ2n) is 4.83. The molecule has 0 spiro atoms. The Morgan fingerprint density at radius 2 is 1.76 bits per heavy atom. The van der Waals surface area contributed by atoms with Gasteiger partial charge in [0.2, 0.25) is 0 Å². The highest BCUT2D eigenvalue weighted by Gasteiger charge is 2.34. The Labute approximate surface area is 121 Å². The fourth-order valence-corrected chi connectivity index (χ4v) is 1.97. The zero-order valence-electron chi connectivity index (χ0n) is 11.8. The summed E-state index contributed by atoms with van der Waals surface area (Å²) < 4.78 is 44.9. The monoisotopic (exact) mass is 295 g/mol. The number of ether oxygens (including phenoxy) is 1. The normalized spacial score (nSPS) is 11.5. The molecule has 0 amide bonds. The number of hydrogen-bond donors (Lipinski definition) is 1. The van der Waals surface area contributed by atoms with Gasteiger partial charge in [0.15, 0.2) is 0 Å². The lowest BCUT2D eigenvalue weighted by Crippen LogP contribution is -2.09. The highest BCUT2D eigenvalue weighted by atomic mass is 19.4. The molecule has 2 N–H and O–H groups in total. The summed E-state index contributed by atoms with van der Waals surface area (Å²) in [7, 11) is 0. The van der Waals surface area contributed by atoms with Gasteiger partial charge in [-0.3, -0.25) is 0 Å². The van der Waals surface area contributed by atoms with E-state index in [4.69, 9.17) is 10.5 Å². The first kappa shape index (κ1) is 15.4. The number of hydrogen-bond acceptors (Lipinski definition) is 2. The summed E-state index contributed by atoms with van der Waals surface area (Å²) >= 11 is 0. The summed E-state index contributed by atoms with van der Waals surface area (Å²) in [4.78, 5) is 0. The number of halogens is 3.